The second kappa shape index (κ2) is 9.01. The lowest BCUT2D eigenvalue weighted by atomic mass is 9.98. The van der Waals surface area contributed by atoms with Crippen LogP contribution in [0.25, 0.3) is 11.1 Å². The number of benzene rings is 2. The van der Waals surface area contributed by atoms with E-state index in [1.54, 1.807) is 24.3 Å². The summed E-state index contributed by atoms with van der Waals surface area (Å²) in [5.74, 6) is -0.833. The first kappa shape index (κ1) is 20.9. The van der Waals surface area contributed by atoms with Crippen LogP contribution < -0.4 is 10.4 Å². The topological polar surface area (TPSA) is 26.3 Å². The molecular weight excluding hydrogens is 363 g/mol. The monoisotopic (exact) mass is 386 g/mol. The molecule has 0 atom stereocenters. The van der Waals surface area contributed by atoms with Crippen LogP contribution in [0.3, 0.4) is 0 Å². The molecule has 0 bridgehead atoms. The van der Waals surface area contributed by atoms with Gasteiger partial charge in [0.05, 0.1) is 17.7 Å². The van der Waals surface area contributed by atoms with Crippen molar-refractivity contribution in [3.05, 3.63) is 80.5 Å². The summed E-state index contributed by atoms with van der Waals surface area (Å²) < 4.78 is 19.3. The van der Waals surface area contributed by atoms with Crippen LogP contribution in [-0.2, 0) is 4.74 Å². The summed E-state index contributed by atoms with van der Waals surface area (Å²) >= 11 is 6.27. The average Bonchev–Trinajstić information content (AvgIpc) is 2.66. The zero-order chi connectivity index (χ0) is 20.1. The fourth-order valence-corrected chi connectivity index (χ4v) is 3.29. The van der Waals surface area contributed by atoms with Crippen LogP contribution in [0.1, 0.15) is 50.0 Å². The highest BCUT2D eigenvalue weighted by Crippen LogP contribution is 2.24. The average molecular weight is 387 g/mol. The molecule has 2 aromatic rings. The molecule has 0 aliphatic rings. The van der Waals surface area contributed by atoms with Gasteiger partial charge in [-0.1, -0.05) is 42.3 Å². The first-order chi connectivity index (χ1) is 12.8. The molecule has 142 valence electrons. The van der Waals surface area contributed by atoms with Crippen molar-refractivity contribution in [3.8, 4) is 0 Å². The third kappa shape index (κ3) is 4.67. The molecule has 0 heterocycles. The molecule has 0 N–H and O–H groups in total. The third-order valence-electron chi connectivity index (χ3n) is 4.63. The summed E-state index contributed by atoms with van der Waals surface area (Å²) in [6.07, 6.45) is 3.04. The standard InChI is InChI=1S/C23H24ClFO2/c1-6-14(2)12-15(3)18-11-10-17(23(26)27-5)13-19(18)16(4)22-20(24)8-7-9-21(22)25/h7-13H,6H2,1-5H3/b14-12+,18-15-,19-16+. The number of halogens is 2. The van der Waals surface area contributed by atoms with Crippen LogP contribution in [0.2, 0.25) is 5.02 Å². The van der Waals surface area contributed by atoms with Gasteiger partial charge in [0.1, 0.15) is 5.82 Å². The molecule has 2 rings (SSSR count). The number of hydrogen-bond donors (Lipinski definition) is 0. The normalized spacial score (nSPS) is 14.0. The molecule has 0 spiro atoms. The molecule has 2 nitrogen and oxygen atoms in total. The van der Waals surface area contributed by atoms with E-state index >= 15 is 0 Å². The summed E-state index contributed by atoms with van der Waals surface area (Å²) in [4.78, 5) is 12.0. The first-order valence-corrected chi connectivity index (χ1v) is 9.19. The summed E-state index contributed by atoms with van der Waals surface area (Å²) in [6, 6.07) is 9.94. The van der Waals surface area contributed by atoms with Gasteiger partial charge < -0.3 is 4.74 Å². The predicted octanol–water partition coefficient (Wildman–Crippen LogP) is 5.01. The van der Waals surface area contributed by atoms with Crippen molar-refractivity contribution in [1.29, 1.82) is 0 Å². The molecule has 0 saturated heterocycles. The van der Waals surface area contributed by atoms with Crippen molar-refractivity contribution in [2.75, 3.05) is 7.11 Å². The number of methoxy groups -OCH3 is 1. The Morgan fingerprint density at radius 3 is 2.44 bits per heavy atom. The van der Waals surface area contributed by atoms with Gasteiger partial charge >= 0.3 is 5.97 Å². The Hall–Kier alpha value is -2.39. The number of ether oxygens (including phenoxy) is 1. The fourth-order valence-electron chi connectivity index (χ4n) is 2.98. The van der Waals surface area contributed by atoms with E-state index in [0.717, 1.165) is 22.4 Å². The smallest absolute Gasteiger partial charge is 0.337 e. The van der Waals surface area contributed by atoms with Crippen molar-refractivity contribution in [2.45, 2.75) is 34.1 Å². The molecule has 0 unspecified atom stereocenters. The van der Waals surface area contributed by atoms with Gasteiger partial charge in [0.25, 0.3) is 0 Å². The van der Waals surface area contributed by atoms with E-state index in [1.165, 1.54) is 18.7 Å². The SMILES string of the molecule is CC/C(C)=C/C(C)=c1/ccc(C(=O)OC)c/c1=C(/C)c1c(F)cccc1Cl. The number of allylic oxidation sites excluding steroid dienone is 2. The van der Waals surface area contributed by atoms with Crippen molar-refractivity contribution in [2.24, 2.45) is 0 Å². The maximum Gasteiger partial charge on any atom is 0.337 e. The first-order valence-electron chi connectivity index (χ1n) is 8.81. The van der Waals surface area contributed by atoms with Crippen LogP contribution >= 0.6 is 11.6 Å². The van der Waals surface area contributed by atoms with E-state index in [4.69, 9.17) is 16.3 Å². The number of carbonyl (C=O) groups is 1. The minimum absolute atomic E-state index is 0.333. The third-order valence-corrected chi connectivity index (χ3v) is 4.94. The zero-order valence-electron chi connectivity index (χ0n) is 16.3. The van der Waals surface area contributed by atoms with Gasteiger partial charge in [-0.2, -0.15) is 0 Å². The predicted molar refractivity (Wildman–Crippen MR) is 110 cm³/mol. The lowest BCUT2D eigenvalue weighted by Crippen LogP contribution is -2.30. The van der Waals surface area contributed by atoms with E-state index in [2.05, 4.69) is 19.9 Å². The van der Waals surface area contributed by atoms with Gasteiger partial charge in [-0.3, -0.25) is 0 Å². The minimum Gasteiger partial charge on any atom is -0.465 e. The van der Waals surface area contributed by atoms with Crippen LogP contribution in [0.5, 0.6) is 0 Å². The number of rotatable bonds is 4. The van der Waals surface area contributed by atoms with Crippen LogP contribution in [0.4, 0.5) is 4.39 Å². The summed E-state index contributed by atoms with van der Waals surface area (Å²) in [5, 5.41) is 2.01. The second-order valence-electron chi connectivity index (χ2n) is 6.50. The molecule has 0 aliphatic heterocycles. The summed E-state index contributed by atoms with van der Waals surface area (Å²) in [7, 11) is 1.34. The molecule has 0 aromatic heterocycles. The minimum atomic E-state index is -0.437. The van der Waals surface area contributed by atoms with Crippen molar-refractivity contribution in [3.63, 3.8) is 0 Å². The molecule has 0 saturated carbocycles. The van der Waals surface area contributed by atoms with Crippen LogP contribution in [0.15, 0.2) is 48.0 Å². The largest absolute Gasteiger partial charge is 0.465 e. The Bertz CT molecular complexity index is 999. The molecule has 0 radical (unpaired) electrons. The van der Waals surface area contributed by atoms with Gasteiger partial charge in [0.2, 0.25) is 0 Å². The second-order valence-corrected chi connectivity index (χ2v) is 6.91. The van der Waals surface area contributed by atoms with E-state index in [1.807, 2.05) is 19.9 Å². The van der Waals surface area contributed by atoms with Gasteiger partial charge in [0, 0.05) is 5.56 Å². The van der Waals surface area contributed by atoms with Crippen molar-refractivity contribution < 1.29 is 13.9 Å². The van der Waals surface area contributed by atoms with Gasteiger partial charge in [-0.15, -0.1) is 0 Å². The van der Waals surface area contributed by atoms with Gasteiger partial charge in [0.15, 0.2) is 0 Å². The maximum atomic E-state index is 14.5. The molecule has 0 amide bonds. The molecule has 0 aliphatic carbocycles. The molecule has 4 heteroatoms. The highest BCUT2D eigenvalue weighted by molar-refractivity contribution is 6.32. The van der Waals surface area contributed by atoms with E-state index in [9.17, 15) is 9.18 Å². The van der Waals surface area contributed by atoms with E-state index < -0.39 is 11.8 Å². The highest BCUT2D eigenvalue weighted by Gasteiger charge is 2.12. The maximum absolute atomic E-state index is 14.5. The Balaban J connectivity index is 2.98. The molecule has 0 fully saturated rings. The lowest BCUT2D eigenvalue weighted by molar-refractivity contribution is 0.0600. The quantitative estimate of drug-likeness (QED) is 0.690. The number of carbonyl (C=O) groups excluding carboxylic acids is 1. The molecule has 2 aromatic carbocycles. The Kier molecular flexibility index (Phi) is 6.98. The summed E-state index contributed by atoms with van der Waals surface area (Å²) in [5.41, 5.74) is 3.68. The van der Waals surface area contributed by atoms with E-state index in [-0.39, 0.29) is 0 Å². The molecule has 27 heavy (non-hydrogen) atoms. The Labute approximate surface area is 164 Å². The van der Waals surface area contributed by atoms with Crippen molar-refractivity contribution >= 4 is 28.7 Å². The molecular formula is C23H24ClFO2. The van der Waals surface area contributed by atoms with Gasteiger partial charge in [-0.25, -0.2) is 9.18 Å². The zero-order valence-corrected chi connectivity index (χ0v) is 17.1. The van der Waals surface area contributed by atoms with Crippen molar-refractivity contribution in [1.82, 2.24) is 0 Å². The number of esters is 1. The Morgan fingerprint density at radius 2 is 1.85 bits per heavy atom. The van der Waals surface area contributed by atoms with Crippen LogP contribution in [0, 0.1) is 5.82 Å². The fraction of sp³-hybridized carbons (Fsp3) is 0.261. The Morgan fingerprint density at radius 1 is 1.15 bits per heavy atom. The highest BCUT2D eigenvalue weighted by atomic mass is 35.5. The number of hydrogen-bond acceptors (Lipinski definition) is 2. The summed E-state index contributed by atoms with van der Waals surface area (Å²) in [6.45, 7) is 7.98. The van der Waals surface area contributed by atoms with Crippen LogP contribution in [-0.4, -0.2) is 13.1 Å². The lowest BCUT2D eigenvalue weighted by Gasteiger charge is -2.09. The van der Waals surface area contributed by atoms with Gasteiger partial charge in [-0.05, 0) is 73.0 Å². The van der Waals surface area contributed by atoms with E-state index in [0.29, 0.717) is 21.7 Å².